The maximum absolute atomic E-state index is 13.5. The minimum atomic E-state index is -0.509. The van der Waals surface area contributed by atoms with Gasteiger partial charge in [0.25, 0.3) is 5.56 Å². The Hall–Kier alpha value is -3.64. The van der Waals surface area contributed by atoms with Crippen molar-refractivity contribution in [2.45, 2.75) is 33.4 Å². The molecule has 0 saturated heterocycles. The number of benzene rings is 3. The second-order valence-corrected chi connectivity index (χ2v) is 8.54. The van der Waals surface area contributed by atoms with Crippen molar-refractivity contribution in [2.24, 2.45) is 0 Å². The summed E-state index contributed by atoms with van der Waals surface area (Å²) in [5, 5.41) is 4.00. The fraction of sp³-hybridized carbons (Fsp3) is 0.192. The molecule has 4 rings (SSSR count). The van der Waals surface area contributed by atoms with Crippen molar-refractivity contribution < 1.29 is 4.79 Å². The molecule has 1 heterocycles. The number of carbonyl (C=O) groups is 1. The number of urea groups is 1. The lowest BCUT2D eigenvalue weighted by Gasteiger charge is -2.29. The molecule has 33 heavy (non-hydrogen) atoms. The van der Waals surface area contributed by atoms with Gasteiger partial charge in [-0.05, 0) is 55.7 Å². The van der Waals surface area contributed by atoms with Gasteiger partial charge in [-0.3, -0.25) is 4.79 Å². The molecule has 3 aromatic carbocycles. The summed E-state index contributed by atoms with van der Waals surface area (Å²) in [5.41, 5.74) is 3.91. The number of nitrogens with one attached hydrogen (secondary N) is 2. The molecule has 168 valence electrons. The highest BCUT2D eigenvalue weighted by atomic mass is 35.5. The number of hydrogen-bond donors (Lipinski definition) is 2. The second kappa shape index (κ2) is 9.46. The number of H-pyrrole nitrogens is 1. The smallest absolute Gasteiger partial charge is 0.310 e. The van der Waals surface area contributed by atoms with Crippen LogP contribution in [0.4, 0.5) is 10.5 Å². The van der Waals surface area contributed by atoms with Crippen LogP contribution in [0.2, 0.25) is 5.02 Å². The lowest BCUT2D eigenvalue weighted by atomic mass is 10.1. The Kier molecular flexibility index (Phi) is 6.47. The van der Waals surface area contributed by atoms with E-state index in [2.05, 4.69) is 15.3 Å². The number of hydrogen-bond acceptors (Lipinski definition) is 3. The zero-order valence-electron chi connectivity index (χ0n) is 18.7. The number of rotatable bonds is 5. The molecule has 6 nitrogen and oxygen atoms in total. The maximum atomic E-state index is 13.5. The third-order valence-corrected chi connectivity index (χ3v) is 5.95. The average Bonchev–Trinajstić information content (AvgIpc) is 2.79. The molecule has 0 spiro atoms. The van der Waals surface area contributed by atoms with E-state index in [0.717, 1.165) is 22.4 Å². The first-order valence-electron chi connectivity index (χ1n) is 10.7. The van der Waals surface area contributed by atoms with Gasteiger partial charge in [-0.1, -0.05) is 60.1 Å². The van der Waals surface area contributed by atoms with Gasteiger partial charge in [-0.2, -0.15) is 0 Å². The van der Waals surface area contributed by atoms with Crippen LogP contribution in [0.15, 0.2) is 71.5 Å². The van der Waals surface area contributed by atoms with Crippen molar-refractivity contribution in [1.82, 2.24) is 14.9 Å². The first-order valence-corrected chi connectivity index (χ1v) is 11.1. The Bertz CT molecular complexity index is 1350. The van der Waals surface area contributed by atoms with Crippen LogP contribution in [-0.2, 0) is 6.54 Å². The fourth-order valence-electron chi connectivity index (χ4n) is 3.83. The molecule has 1 aromatic heterocycles. The standard InChI is InChI=1S/C26H25ClN4O2/c1-16-8-7-9-17(2)23(16)29-26(33)31(15-19-10-5-4-6-11-19)18(3)24-28-22-14-20(27)12-13-21(22)25(32)30-24/h4-14,18H,15H2,1-3H3,(H,29,33)(H,28,30,32). The van der Waals surface area contributed by atoms with Crippen LogP contribution in [0.3, 0.4) is 0 Å². The van der Waals surface area contributed by atoms with Gasteiger partial charge in [0.1, 0.15) is 5.82 Å². The molecule has 4 aromatic rings. The number of amides is 2. The summed E-state index contributed by atoms with van der Waals surface area (Å²) in [7, 11) is 0. The number of aryl methyl sites for hydroxylation is 2. The molecule has 0 aliphatic heterocycles. The summed E-state index contributed by atoms with van der Waals surface area (Å²) in [6.07, 6.45) is 0. The van der Waals surface area contributed by atoms with Crippen LogP contribution in [-0.4, -0.2) is 20.9 Å². The van der Waals surface area contributed by atoms with E-state index in [0.29, 0.717) is 28.3 Å². The Morgan fingerprint density at radius 3 is 2.45 bits per heavy atom. The minimum absolute atomic E-state index is 0.270. The van der Waals surface area contributed by atoms with Gasteiger partial charge >= 0.3 is 6.03 Å². The largest absolute Gasteiger partial charge is 0.322 e. The third kappa shape index (κ3) is 4.91. The molecule has 0 aliphatic carbocycles. The number of aromatic nitrogens is 2. The monoisotopic (exact) mass is 460 g/mol. The quantitative estimate of drug-likeness (QED) is 0.384. The number of aromatic amines is 1. The van der Waals surface area contributed by atoms with Crippen LogP contribution in [0, 0.1) is 13.8 Å². The average molecular weight is 461 g/mol. The van der Waals surface area contributed by atoms with E-state index in [1.165, 1.54) is 0 Å². The minimum Gasteiger partial charge on any atom is -0.310 e. The first kappa shape index (κ1) is 22.6. The number of anilines is 1. The van der Waals surface area contributed by atoms with E-state index < -0.39 is 6.04 Å². The topological polar surface area (TPSA) is 78.1 Å². The number of halogens is 1. The summed E-state index contributed by atoms with van der Waals surface area (Å²) < 4.78 is 0. The van der Waals surface area contributed by atoms with Crippen LogP contribution in [0.1, 0.15) is 35.5 Å². The molecule has 2 amide bonds. The lowest BCUT2D eigenvalue weighted by Crippen LogP contribution is -2.38. The zero-order chi connectivity index (χ0) is 23.5. The molecule has 0 aliphatic rings. The first-order chi connectivity index (χ1) is 15.8. The van der Waals surface area contributed by atoms with E-state index in [4.69, 9.17) is 11.6 Å². The molecule has 2 N–H and O–H groups in total. The lowest BCUT2D eigenvalue weighted by molar-refractivity contribution is 0.186. The Labute approximate surface area is 197 Å². The number of para-hydroxylation sites is 1. The SMILES string of the molecule is Cc1cccc(C)c1NC(=O)N(Cc1ccccc1)C(C)c1nc2cc(Cl)ccc2c(=O)[nH]1. The van der Waals surface area contributed by atoms with E-state index in [-0.39, 0.29) is 11.6 Å². The summed E-state index contributed by atoms with van der Waals surface area (Å²) in [5.74, 6) is 0.391. The molecular formula is C26H25ClN4O2. The molecule has 0 bridgehead atoms. The van der Waals surface area contributed by atoms with Crippen molar-refractivity contribution in [2.75, 3.05) is 5.32 Å². The highest BCUT2D eigenvalue weighted by Gasteiger charge is 2.25. The summed E-state index contributed by atoms with van der Waals surface area (Å²) in [6, 6.07) is 19.8. The van der Waals surface area contributed by atoms with Gasteiger partial charge in [0, 0.05) is 17.3 Å². The maximum Gasteiger partial charge on any atom is 0.322 e. The van der Waals surface area contributed by atoms with Gasteiger partial charge in [0.15, 0.2) is 0 Å². The third-order valence-electron chi connectivity index (χ3n) is 5.72. The molecule has 0 fully saturated rings. The Balaban J connectivity index is 1.73. The van der Waals surface area contributed by atoms with Gasteiger partial charge in [-0.25, -0.2) is 9.78 Å². The van der Waals surface area contributed by atoms with Crippen LogP contribution < -0.4 is 10.9 Å². The summed E-state index contributed by atoms with van der Waals surface area (Å²) in [4.78, 5) is 35.3. The molecule has 0 radical (unpaired) electrons. The van der Waals surface area contributed by atoms with Gasteiger partial charge < -0.3 is 15.2 Å². The Morgan fingerprint density at radius 2 is 1.76 bits per heavy atom. The predicted octanol–water partition coefficient (Wildman–Crippen LogP) is 5.99. The number of nitrogens with zero attached hydrogens (tertiary/aromatic N) is 2. The fourth-order valence-corrected chi connectivity index (χ4v) is 4.00. The Morgan fingerprint density at radius 1 is 1.06 bits per heavy atom. The van der Waals surface area contributed by atoms with Crippen molar-refractivity contribution >= 4 is 34.2 Å². The second-order valence-electron chi connectivity index (χ2n) is 8.10. The van der Waals surface area contributed by atoms with Crippen molar-refractivity contribution in [3.63, 3.8) is 0 Å². The van der Waals surface area contributed by atoms with Crippen molar-refractivity contribution in [3.8, 4) is 0 Å². The summed E-state index contributed by atoms with van der Waals surface area (Å²) >= 11 is 6.12. The highest BCUT2D eigenvalue weighted by Crippen LogP contribution is 2.25. The highest BCUT2D eigenvalue weighted by molar-refractivity contribution is 6.31. The van der Waals surface area contributed by atoms with E-state index in [1.54, 1.807) is 23.1 Å². The van der Waals surface area contributed by atoms with Crippen LogP contribution in [0.25, 0.3) is 10.9 Å². The summed E-state index contributed by atoms with van der Waals surface area (Å²) in [6.45, 7) is 6.11. The number of carbonyl (C=O) groups excluding carboxylic acids is 1. The van der Waals surface area contributed by atoms with Gasteiger partial charge in [0.05, 0.1) is 16.9 Å². The number of fused-ring (bicyclic) bond motifs is 1. The van der Waals surface area contributed by atoms with Crippen molar-refractivity contribution in [1.29, 1.82) is 0 Å². The molecule has 7 heteroatoms. The molecule has 1 atom stereocenters. The normalized spacial score (nSPS) is 11.9. The molecular weight excluding hydrogens is 436 g/mol. The zero-order valence-corrected chi connectivity index (χ0v) is 19.5. The van der Waals surface area contributed by atoms with E-state index in [1.807, 2.05) is 69.3 Å². The van der Waals surface area contributed by atoms with Gasteiger partial charge in [-0.15, -0.1) is 0 Å². The molecule has 1 unspecified atom stereocenters. The van der Waals surface area contributed by atoms with E-state index in [9.17, 15) is 9.59 Å². The van der Waals surface area contributed by atoms with E-state index >= 15 is 0 Å². The van der Waals surface area contributed by atoms with Gasteiger partial charge in [0.2, 0.25) is 0 Å². The van der Waals surface area contributed by atoms with Crippen molar-refractivity contribution in [3.05, 3.63) is 105 Å². The van der Waals surface area contributed by atoms with Crippen LogP contribution >= 0.6 is 11.6 Å². The molecule has 0 saturated carbocycles. The predicted molar refractivity (Wildman–Crippen MR) is 133 cm³/mol. The van der Waals surface area contributed by atoms with Crippen LogP contribution in [0.5, 0.6) is 0 Å².